The molecule has 2 rings (SSSR count). The highest BCUT2D eigenvalue weighted by atomic mass is 16.5. The number of nitrogens with zero attached hydrogens (tertiary/aromatic N) is 3. The summed E-state index contributed by atoms with van der Waals surface area (Å²) in [7, 11) is 0. The average molecular weight is 256 g/mol. The van der Waals surface area contributed by atoms with Gasteiger partial charge < -0.3 is 4.52 Å². The number of aryl methyl sites for hydroxylation is 1. The Kier molecular flexibility index (Phi) is 3.88. The van der Waals surface area contributed by atoms with Crippen molar-refractivity contribution in [2.45, 2.75) is 13.3 Å². The van der Waals surface area contributed by atoms with E-state index >= 15 is 0 Å². The van der Waals surface area contributed by atoms with Crippen molar-refractivity contribution >= 4 is 11.9 Å². The van der Waals surface area contributed by atoms with Crippen LogP contribution in [0, 0.1) is 24.2 Å². The minimum absolute atomic E-state index is 0.0100. The average Bonchev–Trinajstić information content (AvgIpc) is 2.82. The highest BCUT2D eigenvalue weighted by Crippen LogP contribution is 2.11. The fourth-order valence-corrected chi connectivity index (χ4v) is 1.59. The Morgan fingerprint density at radius 3 is 2.79 bits per heavy atom. The van der Waals surface area contributed by atoms with Gasteiger partial charge in [-0.3, -0.25) is 10.1 Å². The molecule has 96 valence electrons. The molecule has 6 nitrogen and oxygen atoms in total. The van der Waals surface area contributed by atoms with Crippen molar-refractivity contribution in [1.82, 2.24) is 10.1 Å². The van der Waals surface area contributed by atoms with E-state index in [-0.39, 0.29) is 6.01 Å². The van der Waals surface area contributed by atoms with Crippen LogP contribution in [0.2, 0.25) is 0 Å². The summed E-state index contributed by atoms with van der Waals surface area (Å²) in [4.78, 5) is 15.8. The summed E-state index contributed by atoms with van der Waals surface area (Å²) in [6.07, 6.45) is 0.344. The summed E-state index contributed by atoms with van der Waals surface area (Å²) in [5.41, 5.74) is 0.922. The second-order valence-corrected chi connectivity index (χ2v) is 4.01. The van der Waals surface area contributed by atoms with E-state index in [0.29, 0.717) is 12.2 Å². The van der Waals surface area contributed by atoms with Crippen LogP contribution in [0.3, 0.4) is 0 Å². The van der Waals surface area contributed by atoms with Crippen LogP contribution in [-0.4, -0.2) is 16.0 Å². The largest absolute Gasteiger partial charge is 0.328 e. The Hall–Kier alpha value is -2.68. The van der Waals surface area contributed by atoms with Gasteiger partial charge in [0.05, 0.1) is 6.07 Å². The highest BCUT2D eigenvalue weighted by molar-refractivity contribution is 5.92. The van der Waals surface area contributed by atoms with E-state index < -0.39 is 11.8 Å². The van der Waals surface area contributed by atoms with E-state index in [9.17, 15) is 4.79 Å². The highest BCUT2D eigenvalue weighted by Gasteiger charge is 2.20. The molecule has 0 saturated carbocycles. The monoisotopic (exact) mass is 256 g/mol. The van der Waals surface area contributed by atoms with Crippen LogP contribution in [0.4, 0.5) is 6.01 Å². The van der Waals surface area contributed by atoms with Crippen molar-refractivity contribution in [2.75, 3.05) is 5.32 Å². The lowest BCUT2D eigenvalue weighted by Gasteiger charge is -2.07. The standard InChI is InChI=1S/C13H12N4O2/c1-9-15-13(19-17-9)16-12(18)11(8-14)7-10-5-3-2-4-6-10/h2-6,11H,7H2,1H3,(H,15,16,17,18). The fourth-order valence-electron chi connectivity index (χ4n) is 1.59. The number of hydrogen-bond donors (Lipinski definition) is 1. The minimum Gasteiger partial charge on any atom is -0.315 e. The van der Waals surface area contributed by atoms with Gasteiger partial charge in [-0.15, -0.1) is 0 Å². The van der Waals surface area contributed by atoms with Gasteiger partial charge in [0.25, 0.3) is 0 Å². The normalized spacial score (nSPS) is 11.6. The zero-order valence-electron chi connectivity index (χ0n) is 10.3. The maximum Gasteiger partial charge on any atom is 0.328 e. The second kappa shape index (κ2) is 5.78. The number of nitrogens with one attached hydrogen (secondary N) is 1. The third-order valence-electron chi connectivity index (χ3n) is 2.51. The Bertz CT molecular complexity index is 601. The first-order valence-electron chi connectivity index (χ1n) is 5.74. The number of nitriles is 1. The first kappa shape index (κ1) is 12.8. The van der Waals surface area contributed by atoms with Gasteiger partial charge in [0.1, 0.15) is 5.92 Å². The molecule has 0 spiro atoms. The number of rotatable bonds is 4. The number of aromatic nitrogens is 2. The Morgan fingerprint density at radius 2 is 2.21 bits per heavy atom. The summed E-state index contributed by atoms with van der Waals surface area (Å²) in [6, 6.07) is 11.3. The number of anilines is 1. The van der Waals surface area contributed by atoms with Gasteiger partial charge in [-0.1, -0.05) is 35.5 Å². The lowest BCUT2D eigenvalue weighted by Crippen LogP contribution is -2.23. The van der Waals surface area contributed by atoms with E-state index in [1.165, 1.54) is 0 Å². The summed E-state index contributed by atoms with van der Waals surface area (Å²) < 4.78 is 4.78. The van der Waals surface area contributed by atoms with Gasteiger partial charge in [-0.25, -0.2) is 0 Å². The molecule has 19 heavy (non-hydrogen) atoms. The minimum atomic E-state index is -0.797. The molecule has 0 aliphatic rings. The Labute approximate surface area is 110 Å². The number of carbonyl (C=O) groups is 1. The lowest BCUT2D eigenvalue weighted by molar-refractivity contribution is -0.118. The predicted molar refractivity (Wildman–Crippen MR) is 66.9 cm³/mol. The van der Waals surface area contributed by atoms with Crippen molar-refractivity contribution in [2.24, 2.45) is 5.92 Å². The zero-order chi connectivity index (χ0) is 13.7. The fraction of sp³-hybridized carbons (Fsp3) is 0.231. The smallest absolute Gasteiger partial charge is 0.315 e. The van der Waals surface area contributed by atoms with Gasteiger partial charge >= 0.3 is 6.01 Å². The van der Waals surface area contributed by atoms with Crippen LogP contribution < -0.4 is 5.32 Å². The van der Waals surface area contributed by atoms with Crippen LogP contribution >= 0.6 is 0 Å². The lowest BCUT2D eigenvalue weighted by atomic mass is 10.00. The van der Waals surface area contributed by atoms with Crippen molar-refractivity contribution < 1.29 is 9.32 Å². The molecule has 1 aromatic carbocycles. The SMILES string of the molecule is Cc1noc(NC(=O)C(C#N)Cc2ccccc2)n1. The maximum absolute atomic E-state index is 11.9. The second-order valence-electron chi connectivity index (χ2n) is 4.01. The topological polar surface area (TPSA) is 91.8 Å². The molecule has 1 aromatic heterocycles. The van der Waals surface area contributed by atoms with Gasteiger partial charge in [0.15, 0.2) is 5.82 Å². The molecular weight excluding hydrogens is 244 g/mol. The van der Waals surface area contributed by atoms with E-state index in [0.717, 1.165) is 5.56 Å². The number of carbonyl (C=O) groups excluding carboxylic acids is 1. The summed E-state index contributed by atoms with van der Waals surface area (Å²) in [5, 5.41) is 15.1. The third kappa shape index (κ3) is 3.39. The van der Waals surface area contributed by atoms with E-state index in [1.807, 2.05) is 36.4 Å². The molecule has 2 aromatic rings. The van der Waals surface area contributed by atoms with Crippen molar-refractivity contribution in [1.29, 1.82) is 5.26 Å². The molecule has 0 aliphatic carbocycles. The number of hydrogen-bond acceptors (Lipinski definition) is 5. The Balaban J connectivity index is 2.02. The first-order chi connectivity index (χ1) is 9.19. The molecule has 0 radical (unpaired) electrons. The molecule has 1 heterocycles. The van der Waals surface area contributed by atoms with Crippen molar-refractivity contribution in [3.8, 4) is 6.07 Å². The van der Waals surface area contributed by atoms with Gasteiger partial charge in [-0.2, -0.15) is 10.2 Å². The molecule has 0 bridgehead atoms. The summed E-state index contributed by atoms with van der Waals surface area (Å²) >= 11 is 0. The molecule has 0 aliphatic heterocycles. The zero-order valence-corrected chi connectivity index (χ0v) is 10.3. The van der Waals surface area contributed by atoms with Crippen LogP contribution in [0.5, 0.6) is 0 Å². The molecule has 0 saturated heterocycles. The molecule has 6 heteroatoms. The quantitative estimate of drug-likeness (QED) is 0.898. The molecular formula is C13H12N4O2. The van der Waals surface area contributed by atoms with E-state index in [1.54, 1.807) is 6.92 Å². The molecule has 0 fully saturated rings. The van der Waals surface area contributed by atoms with Gasteiger partial charge in [0, 0.05) is 0 Å². The van der Waals surface area contributed by atoms with E-state index in [4.69, 9.17) is 9.78 Å². The van der Waals surface area contributed by atoms with Crippen LogP contribution in [0.25, 0.3) is 0 Å². The summed E-state index contributed by atoms with van der Waals surface area (Å²) in [6.45, 7) is 1.64. The molecule has 1 atom stereocenters. The van der Waals surface area contributed by atoms with Crippen molar-refractivity contribution in [3.05, 3.63) is 41.7 Å². The van der Waals surface area contributed by atoms with Crippen LogP contribution in [0.15, 0.2) is 34.9 Å². The van der Waals surface area contributed by atoms with Crippen LogP contribution in [0.1, 0.15) is 11.4 Å². The molecule has 1 unspecified atom stereocenters. The number of benzene rings is 1. The first-order valence-corrected chi connectivity index (χ1v) is 5.74. The van der Waals surface area contributed by atoms with Crippen LogP contribution in [-0.2, 0) is 11.2 Å². The molecule has 1 amide bonds. The maximum atomic E-state index is 11.9. The van der Waals surface area contributed by atoms with E-state index in [2.05, 4.69) is 15.5 Å². The third-order valence-corrected chi connectivity index (χ3v) is 2.51. The van der Waals surface area contributed by atoms with Gasteiger partial charge in [0.2, 0.25) is 5.91 Å². The van der Waals surface area contributed by atoms with Crippen molar-refractivity contribution in [3.63, 3.8) is 0 Å². The summed E-state index contributed by atoms with van der Waals surface area (Å²) in [5.74, 6) is -0.823. The molecule has 1 N–H and O–H groups in total. The Morgan fingerprint density at radius 1 is 1.47 bits per heavy atom. The predicted octanol–water partition coefficient (Wildman–Crippen LogP) is 1.70. The van der Waals surface area contributed by atoms with Gasteiger partial charge in [-0.05, 0) is 18.9 Å². The number of amides is 1.